The maximum atomic E-state index is 12.0. The average molecular weight is 354 g/mol. The van der Waals surface area contributed by atoms with Gasteiger partial charge in [0, 0.05) is 11.0 Å². The highest BCUT2D eigenvalue weighted by atomic mass is 79.9. The lowest BCUT2D eigenvalue weighted by molar-refractivity contribution is 0.0954. The summed E-state index contributed by atoms with van der Waals surface area (Å²) in [6.07, 6.45) is 0.994. The minimum Gasteiger partial charge on any atom is -0.494 e. The van der Waals surface area contributed by atoms with E-state index in [-0.39, 0.29) is 5.91 Å². The third-order valence-corrected chi connectivity index (χ3v) is 4.51. The number of amides is 1. The molecule has 0 fully saturated rings. The second-order valence-electron chi connectivity index (χ2n) is 4.27. The zero-order chi connectivity index (χ0) is 14.4. The minimum atomic E-state index is -0.0572. The molecular formula is C15H16BrNO2S. The lowest BCUT2D eigenvalue weighted by Crippen LogP contribution is -2.22. The van der Waals surface area contributed by atoms with Gasteiger partial charge in [-0.25, -0.2) is 0 Å². The summed E-state index contributed by atoms with van der Waals surface area (Å²) in [5, 5.41) is 4.79. The van der Waals surface area contributed by atoms with E-state index < -0.39 is 0 Å². The fraction of sp³-hybridized carbons (Fsp3) is 0.267. The number of hydrogen-bond donors (Lipinski definition) is 1. The van der Waals surface area contributed by atoms with Crippen molar-refractivity contribution in [2.24, 2.45) is 0 Å². The van der Waals surface area contributed by atoms with Crippen molar-refractivity contribution in [1.29, 1.82) is 0 Å². The Morgan fingerprint density at radius 1 is 1.30 bits per heavy atom. The van der Waals surface area contributed by atoms with Crippen LogP contribution in [-0.2, 0) is 6.54 Å². The maximum Gasteiger partial charge on any atom is 0.262 e. The predicted octanol–water partition coefficient (Wildman–Crippen LogP) is 4.23. The maximum absolute atomic E-state index is 12.0. The Kier molecular flexibility index (Phi) is 5.61. The van der Waals surface area contributed by atoms with Crippen LogP contribution in [-0.4, -0.2) is 12.5 Å². The molecule has 1 N–H and O–H groups in total. The first-order valence-electron chi connectivity index (χ1n) is 6.43. The molecule has 106 valence electrons. The van der Waals surface area contributed by atoms with Crippen molar-refractivity contribution in [3.63, 3.8) is 0 Å². The molecule has 0 saturated carbocycles. The molecule has 0 unspecified atom stereocenters. The molecule has 1 aromatic carbocycles. The number of hydrogen-bond acceptors (Lipinski definition) is 3. The molecule has 0 spiro atoms. The van der Waals surface area contributed by atoms with Crippen LogP contribution in [0.3, 0.4) is 0 Å². The standard InChI is InChI=1S/C15H16BrNO2S/c1-2-8-19-12-5-3-11(4-6-12)10-17-15(18)14-13(16)7-9-20-14/h3-7,9H,2,8,10H2,1H3,(H,17,18). The fourth-order valence-corrected chi connectivity index (χ4v) is 3.11. The molecular weight excluding hydrogens is 338 g/mol. The Labute approximate surface area is 131 Å². The van der Waals surface area contributed by atoms with Gasteiger partial charge >= 0.3 is 0 Å². The van der Waals surface area contributed by atoms with Gasteiger partial charge in [-0.1, -0.05) is 19.1 Å². The first kappa shape index (κ1) is 15.1. The lowest BCUT2D eigenvalue weighted by Gasteiger charge is -2.07. The highest BCUT2D eigenvalue weighted by molar-refractivity contribution is 9.10. The number of rotatable bonds is 6. The first-order valence-corrected chi connectivity index (χ1v) is 8.11. The number of thiophene rings is 1. The molecule has 1 amide bonds. The zero-order valence-corrected chi connectivity index (χ0v) is 13.6. The highest BCUT2D eigenvalue weighted by Crippen LogP contribution is 2.22. The Bertz CT molecular complexity index is 566. The van der Waals surface area contributed by atoms with Crippen molar-refractivity contribution in [3.8, 4) is 5.75 Å². The molecule has 3 nitrogen and oxygen atoms in total. The van der Waals surface area contributed by atoms with Gasteiger partial charge in [0.15, 0.2) is 0 Å². The quantitative estimate of drug-likeness (QED) is 0.843. The summed E-state index contributed by atoms with van der Waals surface area (Å²) < 4.78 is 6.35. The van der Waals surface area contributed by atoms with E-state index in [0.29, 0.717) is 11.4 Å². The van der Waals surface area contributed by atoms with E-state index in [1.54, 1.807) is 0 Å². The van der Waals surface area contributed by atoms with Gasteiger partial charge in [0.05, 0.1) is 6.61 Å². The van der Waals surface area contributed by atoms with Crippen LogP contribution in [0.5, 0.6) is 5.75 Å². The Balaban J connectivity index is 1.88. The van der Waals surface area contributed by atoms with Crippen LogP contribution in [0, 0.1) is 0 Å². The summed E-state index contributed by atoms with van der Waals surface area (Å²) >= 11 is 4.79. The summed E-state index contributed by atoms with van der Waals surface area (Å²) in [6, 6.07) is 9.67. The van der Waals surface area contributed by atoms with Crippen LogP contribution in [0.25, 0.3) is 0 Å². The molecule has 0 radical (unpaired) electrons. The third-order valence-electron chi connectivity index (χ3n) is 2.67. The number of benzene rings is 1. The molecule has 0 aliphatic heterocycles. The van der Waals surface area contributed by atoms with Gasteiger partial charge in [-0.15, -0.1) is 11.3 Å². The van der Waals surface area contributed by atoms with E-state index in [1.807, 2.05) is 35.7 Å². The van der Waals surface area contributed by atoms with E-state index in [1.165, 1.54) is 11.3 Å². The normalized spacial score (nSPS) is 10.3. The van der Waals surface area contributed by atoms with Crippen LogP contribution in [0.1, 0.15) is 28.6 Å². The van der Waals surface area contributed by atoms with Crippen LogP contribution in [0.2, 0.25) is 0 Å². The van der Waals surface area contributed by atoms with Crippen molar-refractivity contribution in [1.82, 2.24) is 5.32 Å². The van der Waals surface area contributed by atoms with Gasteiger partial charge < -0.3 is 10.1 Å². The Hall–Kier alpha value is -1.33. The van der Waals surface area contributed by atoms with E-state index in [0.717, 1.165) is 28.8 Å². The van der Waals surface area contributed by atoms with E-state index in [9.17, 15) is 4.79 Å². The first-order chi connectivity index (χ1) is 9.70. The Morgan fingerprint density at radius 3 is 2.65 bits per heavy atom. The van der Waals surface area contributed by atoms with Gasteiger partial charge in [0.2, 0.25) is 0 Å². The zero-order valence-electron chi connectivity index (χ0n) is 11.2. The van der Waals surface area contributed by atoms with Crippen molar-refractivity contribution in [2.45, 2.75) is 19.9 Å². The molecule has 0 saturated heterocycles. The van der Waals surface area contributed by atoms with Crippen LogP contribution in [0.4, 0.5) is 0 Å². The van der Waals surface area contributed by atoms with Gasteiger partial charge in [0.1, 0.15) is 10.6 Å². The van der Waals surface area contributed by atoms with Crippen molar-refractivity contribution in [3.05, 3.63) is 50.6 Å². The fourth-order valence-electron chi connectivity index (χ4n) is 1.64. The molecule has 1 aromatic heterocycles. The van der Waals surface area contributed by atoms with Gasteiger partial charge in [-0.3, -0.25) is 4.79 Å². The van der Waals surface area contributed by atoms with Crippen molar-refractivity contribution in [2.75, 3.05) is 6.61 Å². The van der Waals surface area contributed by atoms with Crippen LogP contribution >= 0.6 is 27.3 Å². The van der Waals surface area contributed by atoms with Crippen LogP contribution < -0.4 is 10.1 Å². The highest BCUT2D eigenvalue weighted by Gasteiger charge is 2.10. The number of nitrogens with one attached hydrogen (secondary N) is 1. The van der Waals surface area contributed by atoms with E-state index in [4.69, 9.17) is 4.74 Å². The molecule has 20 heavy (non-hydrogen) atoms. The minimum absolute atomic E-state index is 0.0572. The lowest BCUT2D eigenvalue weighted by atomic mass is 10.2. The van der Waals surface area contributed by atoms with Gasteiger partial charge in [0.25, 0.3) is 5.91 Å². The monoisotopic (exact) mass is 353 g/mol. The Morgan fingerprint density at radius 2 is 2.05 bits per heavy atom. The van der Waals surface area contributed by atoms with Gasteiger partial charge in [-0.05, 0) is 51.5 Å². The topological polar surface area (TPSA) is 38.3 Å². The molecule has 5 heteroatoms. The smallest absolute Gasteiger partial charge is 0.262 e. The van der Waals surface area contributed by atoms with Crippen LogP contribution in [0.15, 0.2) is 40.2 Å². The number of carbonyl (C=O) groups excluding carboxylic acids is 1. The summed E-state index contributed by atoms with van der Waals surface area (Å²) in [5.41, 5.74) is 1.05. The molecule has 1 heterocycles. The van der Waals surface area contributed by atoms with Gasteiger partial charge in [-0.2, -0.15) is 0 Å². The molecule has 2 aromatic rings. The second-order valence-corrected chi connectivity index (χ2v) is 6.04. The number of ether oxygens (including phenoxy) is 1. The summed E-state index contributed by atoms with van der Waals surface area (Å²) in [4.78, 5) is 12.7. The summed E-state index contributed by atoms with van der Waals surface area (Å²) in [7, 11) is 0. The molecule has 0 atom stereocenters. The molecule has 2 rings (SSSR count). The summed E-state index contributed by atoms with van der Waals surface area (Å²) in [6.45, 7) is 3.31. The molecule has 0 aliphatic carbocycles. The second kappa shape index (κ2) is 7.45. The SMILES string of the molecule is CCCOc1ccc(CNC(=O)c2sccc2Br)cc1. The largest absolute Gasteiger partial charge is 0.494 e. The molecule has 0 bridgehead atoms. The average Bonchev–Trinajstić information content (AvgIpc) is 2.90. The van der Waals surface area contributed by atoms with E-state index in [2.05, 4.69) is 28.2 Å². The third kappa shape index (κ3) is 4.08. The number of halogens is 1. The summed E-state index contributed by atoms with van der Waals surface area (Å²) in [5.74, 6) is 0.807. The molecule has 0 aliphatic rings. The van der Waals surface area contributed by atoms with E-state index >= 15 is 0 Å². The van der Waals surface area contributed by atoms with Crippen molar-refractivity contribution >= 4 is 33.2 Å². The van der Waals surface area contributed by atoms with Crippen molar-refractivity contribution < 1.29 is 9.53 Å². The number of carbonyl (C=O) groups is 1. The predicted molar refractivity (Wildman–Crippen MR) is 85.4 cm³/mol.